The second kappa shape index (κ2) is 4.80. The fourth-order valence-electron chi connectivity index (χ4n) is 2.68. The van der Waals surface area contributed by atoms with E-state index in [1.54, 1.807) is 0 Å². The van der Waals surface area contributed by atoms with E-state index in [1.165, 1.54) is 11.3 Å². The monoisotopic (exact) mass is 242 g/mol. The minimum atomic E-state index is 0.372. The molecule has 4 nitrogen and oxygen atoms in total. The number of para-hydroxylation sites is 1. The molecular formula is C14H18N4. The molecule has 0 fully saturated rings. The van der Waals surface area contributed by atoms with Crippen LogP contribution in [-0.4, -0.2) is 21.3 Å². The van der Waals surface area contributed by atoms with Gasteiger partial charge in [-0.25, -0.2) is 0 Å². The molecule has 1 aliphatic heterocycles. The molecule has 4 heteroatoms. The molecule has 0 saturated carbocycles. The van der Waals surface area contributed by atoms with Gasteiger partial charge in [-0.1, -0.05) is 25.1 Å². The predicted molar refractivity (Wildman–Crippen MR) is 71.7 cm³/mol. The molecule has 1 atom stereocenters. The third-order valence-electron chi connectivity index (χ3n) is 3.51. The van der Waals surface area contributed by atoms with Crippen LogP contribution >= 0.6 is 0 Å². The summed E-state index contributed by atoms with van der Waals surface area (Å²) < 4.78 is 2.19. The van der Waals surface area contributed by atoms with Crippen LogP contribution in [0.4, 0.5) is 5.69 Å². The van der Waals surface area contributed by atoms with Gasteiger partial charge < -0.3 is 9.88 Å². The Balaban J connectivity index is 2.00. The normalized spacial score (nSPS) is 18.2. The Morgan fingerprint density at radius 1 is 1.39 bits per heavy atom. The maximum absolute atomic E-state index is 4.34. The minimum absolute atomic E-state index is 0.372. The molecule has 1 aromatic carbocycles. The molecule has 0 saturated heterocycles. The van der Waals surface area contributed by atoms with E-state index in [-0.39, 0.29) is 0 Å². The van der Waals surface area contributed by atoms with Gasteiger partial charge in [0.1, 0.15) is 12.2 Å². The molecule has 1 unspecified atom stereocenters. The second-order valence-corrected chi connectivity index (χ2v) is 4.74. The van der Waals surface area contributed by atoms with Crippen LogP contribution in [0.15, 0.2) is 30.6 Å². The van der Waals surface area contributed by atoms with E-state index in [0.29, 0.717) is 5.92 Å². The van der Waals surface area contributed by atoms with Crippen molar-refractivity contribution in [3.63, 3.8) is 0 Å². The molecule has 2 heterocycles. The van der Waals surface area contributed by atoms with Crippen molar-refractivity contribution < 1.29 is 0 Å². The lowest BCUT2D eigenvalue weighted by atomic mass is 9.90. The van der Waals surface area contributed by atoms with E-state index < -0.39 is 0 Å². The number of aryl methyl sites for hydroxylation is 1. The minimum Gasteiger partial charge on any atom is -0.385 e. The molecule has 1 aromatic heterocycles. The highest BCUT2D eigenvalue weighted by molar-refractivity contribution is 5.56. The molecular weight excluding hydrogens is 224 g/mol. The average molecular weight is 242 g/mol. The van der Waals surface area contributed by atoms with Gasteiger partial charge in [0, 0.05) is 24.7 Å². The number of benzene rings is 1. The standard InChI is InChI=1S/C14H18N4/c1-2-9-18-10-16-17-14(18)12-7-8-15-13-6-4-3-5-11(12)13/h3-6,10,12,15H,2,7-9H2,1H3. The summed E-state index contributed by atoms with van der Waals surface area (Å²) in [5.74, 6) is 1.47. The Labute approximate surface area is 107 Å². The molecule has 0 amide bonds. The Kier molecular flexibility index (Phi) is 3.00. The maximum atomic E-state index is 4.34. The van der Waals surface area contributed by atoms with Crippen molar-refractivity contribution in [2.45, 2.75) is 32.2 Å². The van der Waals surface area contributed by atoms with Crippen molar-refractivity contribution in [2.75, 3.05) is 11.9 Å². The van der Waals surface area contributed by atoms with Gasteiger partial charge in [-0.05, 0) is 24.5 Å². The Morgan fingerprint density at radius 2 is 2.28 bits per heavy atom. The fourth-order valence-corrected chi connectivity index (χ4v) is 2.68. The van der Waals surface area contributed by atoms with Crippen molar-refractivity contribution in [3.8, 4) is 0 Å². The SMILES string of the molecule is CCCn1cnnc1C1CCNc2ccccc21. The van der Waals surface area contributed by atoms with E-state index in [2.05, 4.69) is 51.3 Å². The number of rotatable bonds is 3. The van der Waals surface area contributed by atoms with Crippen LogP contribution in [0.5, 0.6) is 0 Å². The average Bonchev–Trinajstić information content (AvgIpc) is 2.87. The number of nitrogens with one attached hydrogen (secondary N) is 1. The summed E-state index contributed by atoms with van der Waals surface area (Å²) in [4.78, 5) is 0. The van der Waals surface area contributed by atoms with Crippen molar-refractivity contribution in [2.24, 2.45) is 0 Å². The molecule has 0 spiro atoms. The zero-order valence-electron chi connectivity index (χ0n) is 10.6. The van der Waals surface area contributed by atoms with Crippen LogP contribution in [0.25, 0.3) is 0 Å². The molecule has 18 heavy (non-hydrogen) atoms. The first kappa shape index (κ1) is 11.3. The first-order valence-electron chi connectivity index (χ1n) is 6.60. The van der Waals surface area contributed by atoms with Crippen LogP contribution in [-0.2, 0) is 6.54 Å². The third kappa shape index (κ3) is 1.88. The van der Waals surface area contributed by atoms with E-state index in [0.717, 1.165) is 31.8 Å². The van der Waals surface area contributed by atoms with Gasteiger partial charge in [0.25, 0.3) is 0 Å². The third-order valence-corrected chi connectivity index (χ3v) is 3.51. The topological polar surface area (TPSA) is 42.7 Å². The summed E-state index contributed by atoms with van der Waals surface area (Å²) in [5, 5.41) is 11.9. The second-order valence-electron chi connectivity index (χ2n) is 4.74. The number of hydrogen-bond acceptors (Lipinski definition) is 3. The molecule has 3 rings (SSSR count). The number of hydrogen-bond donors (Lipinski definition) is 1. The van der Waals surface area contributed by atoms with Gasteiger partial charge in [0.05, 0.1) is 0 Å². The van der Waals surface area contributed by atoms with Gasteiger partial charge in [0.2, 0.25) is 0 Å². The van der Waals surface area contributed by atoms with Crippen molar-refractivity contribution in [1.82, 2.24) is 14.8 Å². The lowest BCUT2D eigenvalue weighted by Crippen LogP contribution is -2.20. The van der Waals surface area contributed by atoms with Crippen LogP contribution in [0.1, 0.15) is 37.1 Å². The Morgan fingerprint density at radius 3 is 3.17 bits per heavy atom. The molecule has 1 aliphatic rings. The smallest absolute Gasteiger partial charge is 0.140 e. The quantitative estimate of drug-likeness (QED) is 0.899. The van der Waals surface area contributed by atoms with Gasteiger partial charge in [-0.2, -0.15) is 0 Å². The molecule has 2 aromatic rings. The van der Waals surface area contributed by atoms with Crippen LogP contribution in [0.2, 0.25) is 0 Å². The lowest BCUT2D eigenvalue weighted by molar-refractivity contribution is 0.584. The largest absolute Gasteiger partial charge is 0.385 e. The number of aromatic nitrogens is 3. The number of fused-ring (bicyclic) bond motifs is 1. The van der Waals surface area contributed by atoms with Crippen molar-refractivity contribution >= 4 is 5.69 Å². The summed E-state index contributed by atoms with van der Waals surface area (Å²) in [7, 11) is 0. The van der Waals surface area contributed by atoms with Gasteiger partial charge in [-0.15, -0.1) is 10.2 Å². The Bertz CT molecular complexity index is 532. The zero-order chi connectivity index (χ0) is 12.4. The van der Waals surface area contributed by atoms with Crippen LogP contribution in [0, 0.1) is 0 Å². The molecule has 0 aliphatic carbocycles. The highest BCUT2D eigenvalue weighted by Gasteiger charge is 2.25. The summed E-state index contributed by atoms with van der Waals surface area (Å²) in [5.41, 5.74) is 2.58. The van der Waals surface area contributed by atoms with E-state index in [4.69, 9.17) is 0 Å². The molecule has 1 N–H and O–H groups in total. The molecule has 94 valence electrons. The van der Waals surface area contributed by atoms with Crippen molar-refractivity contribution in [1.29, 1.82) is 0 Å². The van der Waals surface area contributed by atoms with E-state index >= 15 is 0 Å². The molecule has 0 radical (unpaired) electrons. The van der Waals surface area contributed by atoms with Crippen molar-refractivity contribution in [3.05, 3.63) is 42.0 Å². The van der Waals surface area contributed by atoms with E-state index in [9.17, 15) is 0 Å². The number of nitrogens with zero attached hydrogens (tertiary/aromatic N) is 3. The maximum Gasteiger partial charge on any atom is 0.140 e. The predicted octanol–water partition coefficient (Wildman–Crippen LogP) is 2.64. The van der Waals surface area contributed by atoms with Crippen LogP contribution in [0.3, 0.4) is 0 Å². The summed E-state index contributed by atoms with van der Waals surface area (Å²) >= 11 is 0. The first-order chi connectivity index (χ1) is 8.90. The first-order valence-corrected chi connectivity index (χ1v) is 6.60. The highest BCUT2D eigenvalue weighted by Crippen LogP contribution is 2.35. The Hall–Kier alpha value is -1.84. The fraction of sp³-hybridized carbons (Fsp3) is 0.429. The van der Waals surface area contributed by atoms with Gasteiger partial charge >= 0.3 is 0 Å². The van der Waals surface area contributed by atoms with Gasteiger partial charge in [-0.3, -0.25) is 0 Å². The highest BCUT2D eigenvalue weighted by atomic mass is 15.3. The summed E-state index contributed by atoms with van der Waals surface area (Å²) in [6, 6.07) is 8.50. The zero-order valence-corrected chi connectivity index (χ0v) is 10.6. The molecule has 0 bridgehead atoms. The van der Waals surface area contributed by atoms with Crippen LogP contribution < -0.4 is 5.32 Å². The van der Waals surface area contributed by atoms with Gasteiger partial charge in [0.15, 0.2) is 0 Å². The summed E-state index contributed by atoms with van der Waals surface area (Å²) in [6.45, 7) is 4.18. The summed E-state index contributed by atoms with van der Waals surface area (Å²) in [6.07, 6.45) is 4.04. The lowest BCUT2D eigenvalue weighted by Gasteiger charge is -2.26. The van der Waals surface area contributed by atoms with E-state index in [1.807, 2.05) is 6.33 Å². The number of anilines is 1.